The number of ether oxygens (including phenoxy) is 1. The smallest absolute Gasteiger partial charge is 0.422 e. The second kappa shape index (κ2) is 5.42. The Kier molecular flexibility index (Phi) is 5.31. The first-order valence-electron chi connectivity index (χ1n) is 3.68. The SMILES string of the molecule is CNC(=S)OCCC[Si](C)(F)F. The lowest BCUT2D eigenvalue weighted by Gasteiger charge is -2.08. The van der Waals surface area contributed by atoms with E-state index >= 15 is 0 Å². The zero-order valence-corrected chi connectivity index (χ0v) is 9.01. The molecular weight excluding hydrogens is 200 g/mol. The van der Waals surface area contributed by atoms with Crippen LogP contribution in [0.3, 0.4) is 0 Å². The van der Waals surface area contributed by atoms with Crippen LogP contribution in [0.5, 0.6) is 0 Å². The molecule has 0 heterocycles. The Morgan fingerprint density at radius 3 is 2.58 bits per heavy atom. The molecule has 6 heteroatoms. The Labute approximate surface area is 77.6 Å². The minimum Gasteiger partial charge on any atom is -0.471 e. The van der Waals surface area contributed by atoms with Gasteiger partial charge in [-0.25, -0.2) is 0 Å². The molecular formula is C6H13F2NOSSi. The number of halogens is 2. The molecule has 12 heavy (non-hydrogen) atoms. The van der Waals surface area contributed by atoms with E-state index in [1.165, 1.54) is 0 Å². The second-order valence-electron chi connectivity index (χ2n) is 2.56. The summed E-state index contributed by atoms with van der Waals surface area (Å²) in [5.74, 6) is 0. The fourth-order valence-electron chi connectivity index (χ4n) is 0.620. The van der Waals surface area contributed by atoms with Gasteiger partial charge in [-0.3, -0.25) is 8.22 Å². The first kappa shape index (κ1) is 11.8. The summed E-state index contributed by atoms with van der Waals surface area (Å²) in [5.41, 5.74) is 0. The summed E-state index contributed by atoms with van der Waals surface area (Å²) in [4.78, 5) is 0. The average molecular weight is 213 g/mol. The van der Waals surface area contributed by atoms with E-state index in [0.717, 1.165) is 6.55 Å². The van der Waals surface area contributed by atoms with Gasteiger partial charge in [0.2, 0.25) is 0 Å². The van der Waals surface area contributed by atoms with Gasteiger partial charge in [-0.2, -0.15) is 0 Å². The van der Waals surface area contributed by atoms with Crippen molar-refractivity contribution in [3.63, 3.8) is 0 Å². The maximum absolute atomic E-state index is 12.4. The molecule has 0 amide bonds. The molecule has 0 atom stereocenters. The molecule has 0 aromatic heterocycles. The van der Waals surface area contributed by atoms with Gasteiger partial charge in [0.25, 0.3) is 5.17 Å². The Bertz CT molecular complexity index is 151. The van der Waals surface area contributed by atoms with Crippen LogP contribution in [0.2, 0.25) is 12.6 Å². The summed E-state index contributed by atoms with van der Waals surface area (Å²) in [5, 5.41) is 2.86. The van der Waals surface area contributed by atoms with Crippen molar-refractivity contribution < 1.29 is 13.0 Å². The molecule has 0 fully saturated rings. The fourth-order valence-corrected chi connectivity index (χ4v) is 1.47. The number of hydrogen-bond acceptors (Lipinski definition) is 2. The minimum absolute atomic E-state index is 0.0284. The maximum Gasteiger partial charge on any atom is 0.422 e. The molecule has 0 bridgehead atoms. The lowest BCUT2D eigenvalue weighted by atomic mass is 10.5. The van der Waals surface area contributed by atoms with Gasteiger partial charge in [0.05, 0.1) is 6.61 Å². The van der Waals surface area contributed by atoms with Crippen molar-refractivity contribution in [3.8, 4) is 0 Å². The molecule has 1 N–H and O–H groups in total. The van der Waals surface area contributed by atoms with Gasteiger partial charge >= 0.3 is 8.74 Å². The third-order valence-electron chi connectivity index (χ3n) is 1.20. The lowest BCUT2D eigenvalue weighted by Crippen LogP contribution is -2.21. The Balaban J connectivity index is 3.28. The lowest BCUT2D eigenvalue weighted by molar-refractivity contribution is 0.298. The molecule has 72 valence electrons. The van der Waals surface area contributed by atoms with Gasteiger partial charge in [-0.05, 0) is 25.2 Å². The summed E-state index contributed by atoms with van der Waals surface area (Å²) in [7, 11) is -2.25. The highest BCUT2D eigenvalue weighted by Crippen LogP contribution is 2.14. The van der Waals surface area contributed by atoms with Gasteiger partial charge in [0, 0.05) is 13.1 Å². The number of rotatable bonds is 4. The quantitative estimate of drug-likeness (QED) is 0.333. The van der Waals surface area contributed by atoms with Crippen molar-refractivity contribution in [2.45, 2.75) is 19.0 Å². The van der Waals surface area contributed by atoms with Crippen molar-refractivity contribution in [2.24, 2.45) is 0 Å². The molecule has 0 aliphatic heterocycles. The molecule has 0 aromatic carbocycles. The van der Waals surface area contributed by atoms with E-state index in [4.69, 9.17) is 4.74 Å². The highest BCUT2D eigenvalue weighted by atomic mass is 32.1. The van der Waals surface area contributed by atoms with Crippen LogP contribution < -0.4 is 5.32 Å². The van der Waals surface area contributed by atoms with Crippen molar-refractivity contribution in [1.82, 2.24) is 5.32 Å². The van der Waals surface area contributed by atoms with Crippen molar-refractivity contribution in [3.05, 3.63) is 0 Å². The largest absolute Gasteiger partial charge is 0.471 e. The summed E-state index contributed by atoms with van der Waals surface area (Å²) < 4.78 is 29.6. The van der Waals surface area contributed by atoms with E-state index < -0.39 is 8.74 Å². The van der Waals surface area contributed by atoms with Gasteiger partial charge < -0.3 is 10.1 Å². The monoisotopic (exact) mass is 213 g/mol. The van der Waals surface area contributed by atoms with Crippen molar-refractivity contribution in [1.29, 1.82) is 0 Å². The van der Waals surface area contributed by atoms with Gasteiger partial charge in [-0.15, -0.1) is 0 Å². The first-order valence-corrected chi connectivity index (χ1v) is 6.55. The van der Waals surface area contributed by atoms with Crippen LogP contribution in [-0.2, 0) is 4.74 Å². The van der Waals surface area contributed by atoms with Crippen molar-refractivity contribution in [2.75, 3.05) is 13.7 Å². The molecule has 0 aromatic rings. The molecule has 2 nitrogen and oxygen atoms in total. The minimum atomic E-state index is -3.88. The zero-order valence-electron chi connectivity index (χ0n) is 7.19. The summed E-state index contributed by atoms with van der Waals surface area (Å²) in [6, 6.07) is -0.0284. The Morgan fingerprint density at radius 2 is 2.17 bits per heavy atom. The molecule has 0 aliphatic carbocycles. The van der Waals surface area contributed by atoms with Crippen LogP contribution >= 0.6 is 12.2 Å². The molecule has 0 unspecified atom stereocenters. The van der Waals surface area contributed by atoms with Crippen LogP contribution in [0, 0.1) is 0 Å². The molecule has 0 saturated heterocycles. The first-order chi connectivity index (χ1) is 5.45. The van der Waals surface area contributed by atoms with Gasteiger partial charge in [-0.1, -0.05) is 0 Å². The highest BCUT2D eigenvalue weighted by molar-refractivity contribution is 7.80. The van der Waals surface area contributed by atoms with Crippen molar-refractivity contribution >= 4 is 26.1 Å². The average Bonchev–Trinajstić information content (AvgIpc) is 1.96. The maximum atomic E-state index is 12.4. The number of hydrogen-bond donors (Lipinski definition) is 1. The van der Waals surface area contributed by atoms with Crippen LogP contribution in [0.25, 0.3) is 0 Å². The predicted octanol–water partition coefficient (Wildman–Crippen LogP) is 1.91. The van der Waals surface area contributed by atoms with Crippen LogP contribution in [0.15, 0.2) is 0 Å². The second-order valence-corrected chi connectivity index (χ2v) is 5.57. The number of thiocarbonyl (C=S) groups is 1. The van der Waals surface area contributed by atoms with Gasteiger partial charge in [0.1, 0.15) is 0 Å². The summed E-state index contributed by atoms with van der Waals surface area (Å²) in [6.45, 7) is 1.31. The Morgan fingerprint density at radius 1 is 1.58 bits per heavy atom. The molecule has 0 aliphatic rings. The zero-order chi connectivity index (χ0) is 9.61. The molecule has 0 rings (SSSR count). The van der Waals surface area contributed by atoms with Crippen LogP contribution in [0.4, 0.5) is 8.22 Å². The van der Waals surface area contributed by atoms with Crippen LogP contribution in [0.1, 0.15) is 6.42 Å². The van der Waals surface area contributed by atoms with Gasteiger partial charge in [0.15, 0.2) is 0 Å². The topological polar surface area (TPSA) is 21.3 Å². The van der Waals surface area contributed by atoms with E-state index in [9.17, 15) is 8.22 Å². The van der Waals surface area contributed by atoms with E-state index in [1.54, 1.807) is 7.05 Å². The van der Waals surface area contributed by atoms with E-state index in [0.29, 0.717) is 6.42 Å². The Hall–Kier alpha value is -0.233. The van der Waals surface area contributed by atoms with Crippen LogP contribution in [-0.4, -0.2) is 27.6 Å². The van der Waals surface area contributed by atoms with E-state index in [-0.39, 0.29) is 17.8 Å². The predicted molar refractivity (Wildman–Crippen MR) is 50.9 cm³/mol. The summed E-state index contributed by atoms with van der Waals surface area (Å²) >= 11 is 4.65. The third kappa shape index (κ3) is 7.87. The molecule has 0 radical (unpaired) electrons. The summed E-state index contributed by atoms with van der Waals surface area (Å²) in [6.07, 6.45) is 0.373. The van der Waals surface area contributed by atoms with E-state index in [2.05, 4.69) is 17.5 Å². The molecule has 0 saturated carbocycles. The molecule has 0 spiro atoms. The third-order valence-corrected chi connectivity index (χ3v) is 2.75. The standard InChI is InChI=1S/C6H13F2NOSSi/c1-9-6(11)10-4-3-5-12(2,7)8/h3-5H2,1-2H3,(H,9,11). The fraction of sp³-hybridized carbons (Fsp3) is 0.833. The highest BCUT2D eigenvalue weighted by Gasteiger charge is 2.26. The number of nitrogens with one attached hydrogen (secondary N) is 1. The normalized spacial score (nSPS) is 11.0. The van der Waals surface area contributed by atoms with E-state index in [1.807, 2.05) is 0 Å².